The van der Waals surface area contributed by atoms with Crippen molar-refractivity contribution in [3.63, 3.8) is 0 Å². The number of anilines is 1. The van der Waals surface area contributed by atoms with Gasteiger partial charge in [-0.3, -0.25) is 9.58 Å². The first-order valence-corrected chi connectivity index (χ1v) is 7.76. The van der Waals surface area contributed by atoms with E-state index >= 15 is 0 Å². The van der Waals surface area contributed by atoms with Crippen molar-refractivity contribution < 1.29 is 0 Å². The number of hydrogen-bond donors (Lipinski definition) is 0. The molecule has 0 unspecified atom stereocenters. The molecule has 112 valence electrons. The lowest BCUT2D eigenvalue weighted by Gasteiger charge is -2.22. The van der Waals surface area contributed by atoms with Crippen LogP contribution in [0.1, 0.15) is 19.0 Å². The van der Waals surface area contributed by atoms with Crippen LogP contribution in [0.2, 0.25) is 0 Å². The lowest BCUT2D eigenvalue weighted by atomic mass is 10.3. The Hall–Kier alpha value is -1.88. The van der Waals surface area contributed by atoms with Gasteiger partial charge < -0.3 is 4.90 Å². The minimum Gasteiger partial charge on any atom is -0.355 e. The molecule has 0 aromatic carbocycles. The van der Waals surface area contributed by atoms with Crippen LogP contribution < -0.4 is 4.90 Å². The molecule has 2 aromatic rings. The Labute approximate surface area is 126 Å². The van der Waals surface area contributed by atoms with Crippen LogP contribution in [0, 0.1) is 0 Å². The molecule has 5 heteroatoms. The van der Waals surface area contributed by atoms with E-state index in [0.717, 1.165) is 45.1 Å². The summed E-state index contributed by atoms with van der Waals surface area (Å²) in [6, 6.07) is 8.26. The maximum Gasteiger partial charge on any atom is 0.128 e. The molecular formula is C16H23N5. The first-order chi connectivity index (χ1) is 10.4. The van der Waals surface area contributed by atoms with Gasteiger partial charge in [0.25, 0.3) is 0 Å². The van der Waals surface area contributed by atoms with E-state index in [1.807, 2.05) is 18.5 Å². The summed E-state index contributed by atoms with van der Waals surface area (Å²) < 4.78 is 2.08. The summed E-state index contributed by atoms with van der Waals surface area (Å²) in [5, 5.41) is 4.36. The van der Waals surface area contributed by atoms with Crippen LogP contribution >= 0.6 is 0 Å². The molecule has 0 atom stereocenters. The van der Waals surface area contributed by atoms with Crippen LogP contribution in [0.25, 0.3) is 0 Å². The molecule has 2 aromatic heterocycles. The van der Waals surface area contributed by atoms with E-state index in [0.29, 0.717) is 0 Å². The summed E-state index contributed by atoms with van der Waals surface area (Å²) in [6.45, 7) is 8.41. The van der Waals surface area contributed by atoms with Crippen molar-refractivity contribution in [2.24, 2.45) is 0 Å². The van der Waals surface area contributed by atoms with E-state index in [1.165, 1.54) is 12.1 Å². The summed E-state index contributed by atoms with van der Waals surface area (Å²) in [7, 11) is 0. The molecule has 21 heavy (non-hydrogen) atoms. The molecule has 0 aliphatic carbocycles. The third-order valence-electron chi connectivity index (χ3n) is 4.05. The van der Waals surface area contributed by atoms with Gasteiger partial charge in [0.2, 0.25) is 0 Å². The highest BCUT2D eigenvalue weighted by molar-refractivity contribution is 5.37. The molecule has 0 bridgehead atoms. The average Bonchev–Trinajstić information content (AvgIpc) is 2.84. The second-order valence-corrected chi connectivity index (χ2v) is 5.44. The number of rotatable bonds is 4. The predicted octanol–water partition coefficient (Wildman–Crippen LogP) is 2.01. The maximum absolute atomic E-state index is 4.47. The molecule has 1 fully saturated rings. The van der Waals surface area contributed by atoms with Crippen molar-refractivity contribution in [3.8, 4) is 0 Å². The zero-order chi connectivity index (χ0) is 14.5. The minimum atomic E-state index is 0.941. The first-order valence-electron chi connectivity index (χ1n) is 7.76. The molecule has 5 nitrogen and oxygen atoms in total. The van der Waals surface area contributed by atoms with E-state index in [-0.39, 0.29) is 0 Å². The Morgan fingerprint density at radius 1 is 1.05 bits per heavy atom. The average molecular weight is 285 g/mol. The van der Waals surface area contributed by atoms with E-state index < -0.39 is 0 Å². The van der Waals surface area contributed by atoms with Gasteiger partial charge >= 0.3 is 0 Å². The van der Waals surface area contributed by atoms with Crippen molar-refractivity contribution in [2.45, 2.75) is 26.4 Å². The molecule has 0 spiro atoms. The molecule has 0 amide bonds. The minimum absolute atomic E-state index is 0.941. The molecule has 0 radical (unpaired) electrons. The number of nitrogens with zero attached hydrogens (tertiary/aromatic N) is 5. The largest absolute Gasteiger partial charge is 0.355 e. The lowest BCUT2D eigenvalue weighted by molar-refractivity contribution is 0.276. The number of aromatic nitrogens is 3. The fraction of sp³-hybridized carbons (Fsp3) is 0.500. The van der Waals surface area contributed by atoms with E-state index in [4.69, 9.17) is 0 Å². The molecule has 1 aliphatic heterocycles. The molecule has 0 N–H and O–H groups in total. The summed E-state index contributed by atoms with van der Waals surface area (Å²) in [4.78, 5) is 9.37. The Morgan fingerprint density at radius 2 is 2.00 bits per heavy atom. The van der Waals surface area contributed by atoms with Gasteiger partial charge in [0.05, 0.1) is 5.69 Å². The van der Waals surface area contributed by atoms with Gasteiger partial charge in [-0.25, -0.2) is 4.98 Å². The monoisotopic (exact) mass is 285 g/mol. The van der Waals surface area contributed by atoms with Gasteiger partial charge in [-0.05, 0) is 31.5 Å². The van der Waals surface area contributed by atoms with Crippen LogP contribution in [-0.4, -0.2) is 45.8 Å². The Kier molecular flexibility index (Phi) is 4.50. The molecule has 3 heterocycles. The van der Waals surface area contributed by atoms with Gasteiger partial charge in [0, 0.05) is 51.7 Å². The zero-order valence-electron chi connectivity index (χ0n) is 12.6. The fourth-order valence-electron chi connectivity index (χ4n) is 2.91. The van der Waals surface area contributed by atoms with Gasteiger partial charge in [-0.2, -0.15) is 5.10 Å². The van der Waals surface area contributed by atoms with Gasteiger partial charge in [-0.1, -0.05) is 6.07 Å². The normalized spacial score (nSPS) is 16.9. The van der Waals surface area contributed by atoms with E-state index in [2.05, 4.69) is 49.7 Å². The van der Waals surface area contributed by atoms with Crippen molar-refractivity contribution >= 4 is 5.82 Å². The topological polar surface area (TPSA) is 37.2 Å². The van der Waals surface area contributed by atoms with Crippen molar-refractivity contribution in [1.82, 2.24) is 19.7 Å². The first kappa shape index (κ1) is 14.1. The lowest BCUT2D eigenvalue weighted by Crippen LogP contribution is -2.31. The van der Waals surface area contributed by atoms with E-state index in [1.54, 1.807) is 0 Å². The highest BCUT2D eigenvalue weighted by Gasteiger charge is 2.16. The van der Waals surface area contributed by atoms with Crippen LogP contribution in [0.4, 0.5) is 5.82 Å². The molecule has 1 saturated heterocycles. The van der Waals surface area contributed by atoms with Crippen molar-refractivity contribution in [3.05, 3.63) is 42.4 Å². The Bertz CT molecular complexity index is 551. The van der Waals surface area contributed by atoms with Gasteiger partial charge in [-0.15, -0.1) is 0 Å². The van der Waals surface area contributed by atoms with Gasteiger partial charge in [0.15, 0.2) is 0 Å². The second kappa shape index (κ2) is 6.72. The Morgan fingerprint density at radius 3 is 2.81 bits per heavy atom. The third-order valence-corrected chi connectivity index (χ3v) is 4.05. The highest BCUT2D eigenvalue weighted by Crippen LogP contribution is 2.14. The number of aryl methyl sites for hydroxylation is 1. The maximum atomic E-state index is 4.47. The zero-order valence-corrected chi connectivity index (χ0v) is 12.6. The predicted molar refractivity (Wildman–Crippen MR) is 84.2 cm³/mol. The van der Waals surface area contributed by atoms with Crippen LogP contribution in [0.5, 0.6) is 0 Å². The van der Waals surface area contributed by atoms with Crippen LogP contribution in [0.3, 0.4) is 0 Å². The van der Waals surface area contributed by atoms with Crippen LogP contribution in [-0.2, 0) is 13.1 Å². The summed E-state index contributed by atoms with van der Waals surface area (Å²) in [5.41, 5.74) is 1.31. The van der Waals surface area contributed by atoms with Crippen molar-refractivity contribution in [1.29, 1.82) is 0 Å². The smallest absolute Gasteiger partial charge is 0.128 e. The molecule has 3 rings (SSSR count). The third kappa shape index (κ3) is 3.42. The van der Waals surface area contributed by atoms with E-state index in [9.17, 15) is 0 Å². The standard InChI is InChI=1S/C16H23N5/c1-2-21-15(7-9-18-21)14-19-10-5-11-20(13-12-19)16-6-3-4-8-17-16/h3-4,6-9H,2,5,10-14H2,1H3. The van der Waals surface area contributed by atoms with Crippen molar-refractivity contribution in [2.75, 3.05) is 31.1 Å². The fourth-order valence-corrected chi connectivity index (χ4v) is 2.91. The van der Waals surface area contributed by atoms with Crippen LogP contribution in [0.15, 0.2) is 36.7 Å². The Balaban J connectivity index is 1.61. The molecular weight excluding hydrogens is 262 g/mol. The summed E-state index contributed by atoms with van der Waals surface area (Å²) in [6.07, 6.45) is 4.95. The second-order valence-electron chi connectivity index (χ2n) is 5.44. The molecule has 0 saturated carbocycles. The number of hydrogen-bond acceptors (Lipinski definition) is 4. The van der Waals surface area contributed by atoms with Gasteiger partial charge in [0.1, 0.15) is 5.82 Å². The number of pyridine rings is 1. The SMILES string of the molecule is CCn1nccc1CN1CCCN(c2ccccn2)CC1. The highest BCUT2D eigenvalue weighted by atomic mass is 15.3. The quantitative estimate of drug-likeness (QED) is 0.861. The summed E-state index contributed by atoms with van der Waals surface area (Å²) >= 11 is 0. The molecule has 1 aliphatic rings. The summed E-state index contributed by atoms with van der Waals surface area (Å²) in [5.74, 6) is 1.10.